The minimum atomic E-state index is -2.92. The molecule has 0 saturated heterocycles. The van der Waals surface area contributed by atoms with Crippen molar-refractivity contribution in [1.29, 1.82) is 0 Å². The summed E-state index contributed by atoms with van der Waals surface area (Å²) in [6, 6.07) is 4.23. The van der Waals surface area contributed by atoms with Gasteiger partial charge >= 0.3 is 0 Å². The van der Waals surface area contributed by atoms with Crippen molar-refractivity contribution in [3.8, 4) is 5.75 Å². The fourth-order valence-corrected chi connectivity index (χ4v) is 4.01. The molecule has 1 aromatic rings. The van der Waals surface area contributed by atoms with Gasteiger partial charge in [0.15, 0.2) is 5.75 Å². The fourth-order valence-electron chi connectivity index (χ4n) is 3.43. The maximum Gasteiger partial charge on any atom is 0.194 e. The Kier molecular flexibility index (Phi) is 37.4. The Morgan fingerprint density at radius 2 is 0.812 bits per heavy atom. The summed E-state index contributed by atoms with van der Waals surface area (Å²) in [6.07, 6.45) is 0. The number of carbonyl (C=O) groups excluding carboxylic acids is 1. The summed E-state index contributed by atoms with van der Waals surface area (Å²) in [6.45, 7) is 42.0. The zero-order chi connectivity index (χ0) is 39.2. The van der Waals surface area contributed by atoms with Crippen LogP contribution in [0.5, 0.6) is 5.75 Å². The van der Waals surface area contributed by atoms with Gasteiger partial charge in [0.2, 0.25) is 0 Å². The number of carbonyl (C=O) groups is 1. The lowest BCUT2D eigenvalue weighted by Crippen LogP contribution is -2.56. The molecule has 0 aliphatic heterocycles. The van der Waals surface area contributed by atoms with Gasteiger partial charge in [0.1, 0.15) is 0 Å². The van der Waals surface area contributed by atoms with Crippen molar-refractivity contribution in [2.45, 2.75) is 83.1 Å². The normalized spacial score (nSPS) is 10.9. The van der Waals surface area contributed by atoms with Crippen LogP contribution in [-0.4, -0.2) is 138 Å². The largest absolute Gasteiger partial charge is 0.907 e. The minimum Gasteiger partial charge on any atom is -0.907 e. The third-order valence-electron chi connectivity index (χ3n) is 10.4. The average molecular weight is 805 g/mol. The van der Waals surface area contributed by atoms with Gasteiger partial charge < -0.3 is 42.9 Å². The maximum absolute atomic E-state index is 11.8. The average Bonchev–Trinajstić information content (AvgIpc) is 3.10. The van der Waals surface area contributed by atoms with Gasteiger partial charge in [-0.15, -0.1) is 0 Å². The lowest BCUT2D eigenvalue weighted by molar-refractivity contribution is -0.904. The van der Waals surface area contributed by atoms with Gasteiger partial charge in [-0.3, -0.25) is 12.3 Å². The molecule has 0 atom stereocenters. The van der Waals surface area contributed by atoms with Gasteiger partial charge in [-0.2, -0.15) is 0 Å². The molecule has 0 heterocycles. The van der Waals surface area contributed by atoms with Crippen molar-refractivity contribution < 1.29 is 52.4 Å². The second-order valence-corrected chi connectivity index (χ2v) is 13.7. The highest BCUT2D eigenvalue weighted by Crippen LogP contribution is 2.25. The van der Waals surface area contributed by atoms with Crippen molar-refractivity contribution in [3.63, 3.8) is 0 Å². The second kappa shape index (κ2) is 31.9. The highest BCUT2D eigenvalue weighted by molar-refractivity contribution is 14.1. The van der Waals surface area contributed by atoms with E-state index in [4.69, 9.17) is 15.1 Å². The number of rotatable bonds is 14. The Bertz CT molecular complexity index is 779. The number of carboxylic acid groups (broad SMARTS) is 1. The van der Waals surface area contributed by atoms with Crippen molar-refractivity contribution in [1.82, 2.24) is 0 Å². The van der Waals surface area contributed by atoms with E-state index in [-0.39, 0.29) is 11.3 Å². The molecule has 0 spiro atoms. The van der Waals surface area contributed by atoms with Crippen LogP contribution in [0.25, 0.3) is 0 Å². The lowest BCUT2D eigenvalue weighted by Gasteiger charge is -2.35. The standard InChI is InChI=1S/C7H4FIO3.4C7H18N.BO3/c8-12-6-4(7(10)11)2-1-3-5(6)9;4*1-5-8(4,6-2)7-3;2-1(3)4/h1-3H,(H,10,11);4*5-7H2,1-4H3;/q;4*+1;-3/p-1. The number of aromatic carboxylic acids is 1. The molecule has 1 rings (SSSR count). The molecule has 0 amide bonds. The molecule has 48 heavy (non-hydrogen) atoms. The van der Waals surface area contributed by atoms with Gasteiger partial charge in [-0.1, -0.05) is 6.07 Å². The van der Waals surface area contributed by atoms with Gasteiger partial charge in [0.05, 0.1) is 116 Å². The number of hydrogen-bond donors (Lipinski definition) is 0. The van der Waals surface area contributed by atoms with Gasteiger partial charge in [0.25, 0.3) is 0 Å². The number of quaternary nitrogens is 4. The van der Waals surface area contributed by atoms with Crippen LogP contribution in [0.3, 0.4) is 0 Å². The van der Waals surface area contributed by atoms with Crippen molar-refractivity contribution in [3.05, 3.63) is 27.3 Å². The molecule has 10 nitrogen and oxygen atoms in total. The molecule has 0 aromatic heterocycles. The quantitative estimate of drug-likeness (QED) is 0.162. The van der Waals surface area contributed by atoms with Crippen LogP contribution < -0.4 is 25.1 Å². The smallest absolute Gasteiger partial charge is 0.194 e. The lowest BCUT2D eigenvalue weighted by atomic mass is 10.2. The molecule has 0 fully saturated rings. The Hall–Kier alpha value is -1.07. The number of carboxylic acids is 1. The maximum atomic E-state index is 11.8. The van der Waals surface area contributed by atoms with Crippen molar-refractivity contribution >= 4 is 35.9 Å². The van der Waals surface area contributed by atoms with Crippen LogP contribution in [0, 0.1) is 3.57 Å². The minimum absolute atomic E-state index is 0.288. The van der Waals surface area contributed by atoms with E-state index in [1.807, 2.05) is 0 Å². The Morgan fingerprint density at radius 1 is 0.604 bits per heavy atom. The number of hydrogen-bond acceptors (Lipinski definition) is 6. The molecule has 0 saturated carbocycles. The van der Waals surface area contributed by atoms with Crippen LogP contribution in [0.1, 0.15) is 93.4 Å². The van der Waals surface area contributed by atoms with E-state index in [2.05, 4.69) is 116 Å². The summed E-state index contributed by atoms with van der Waals surface area (Å²) in [5, 5.41) is 35.6. The van der Waals surface area contributed by atoms with Crippen LogP contribution >= 0.6 is 22.6 Å². The molecule has 0 N–H and O–H groups in total. The second-order valence-electron chi connectivity index (χ2n) is 12.5. The summed E-state index contributed by atoms with van der Waals surface area (Å²) >= 11 is 1.76. The first-order valence-electron chi connectivity index (χ1n) is 17.7. The summed E-state index contributed by atoms with van der Waals surface area (Å²) in [4.78, 5) is 13.8. The van der Waals surface area contributed by atoms with E-state index in [1.54, 1.807) is 22.6 Å². The summed E-state index contributed by atoms with van der Waals surface area (Å²) < 4.78 is 17.0. The number of nitrogens with zero attached hydrogens (tertiary/aromatic N) is 4. The molecule has 0 bridgehead atoms. The zero-order valence-corrected chi connectivity index (χ0v) is 35.9. The molecule has 1 aromatic carbocycles. The molecule has 0 aliphatic carbocycles. The Morgan fingerprint density at radius 3 is 0.917 bits per heavy atom. The summed E-state index contributed by atoms with van der Waals surface area (Å²) in [7, 11) is 6.25. The molecular weight excluding hydrogens is 729 g/mol. The molecule has 13 heteroatoms. The van der Waals surface area contributed by atoms with Gasteiger partial charge in [-0.05, 0) is 118 Å². The third-order valence-corrected chi connectivity index (χ3v) is 11.3. The van der Waals surface area contributed by atoms with Crippen molar-refractivity contribution in [2.24, 2.45) is 0 Å². The van der Waals surface area contributed by atoms with Gasteiger partial charge in [0, 0.05) is 10.1 Å². The summed E-state index contributed by atoms with van der Waals surface area (Å²) in [5.41, 5.74) is -0.288. The number of halogens is 2. The number of para-hydroxylation sites is 1. The molecular formula is C35H75BFIN4O6. The highest BCUT2D eigenvalue weighted by atomic mass is 127. The van der Waals surface area contributed by atoms with Crippen LogP contribution in [0.4, 0.5) is 4.53 Å². The first-order chi connectivity index (χ1) is 22.1. The van der Waals surface area contributed by atoms with E-state index < -0.39 is 13.3 Å². The van der Waals surface area contributed by atoms with Crippen molar-refractivity contribution in [2.75, 3.05) is 107 Å². The highest BCUT2D eigenvalue weighted by Gasteiger charge is 2.13. The van der Waals surface area contributed by atoms with Crippen LogP contribution in [0.2, 0.25) is 0 Å². The third kappa shape index (κ3) is 28.7. The topological polar surface area (TPSA) is 119 Å². The molecule has 288 valence electrons. The van der Waals surface area contributed by atoms with E-state index in [9.17, 15) is 14.4 Å². The fraction of sp³-hybridized carbons (Fsp3) is 0.800. The SMILES string of the molecule is CC[N+](C)(CC)CC.CC[N+](C)(CC)CC.CC[N+](C)(CC)CC.CC[N+](C)(CC)CC.O=C([O-])c1cccc(I)c1OF.[O-]B([O-])[O-]. The van der Waals surface area contributed by atoms with Crippen LogP contribution in [0.15, 0.2) is 18.2 Å². The van der Waals surface area contributed by atoms with E-state index in [0.29, 0.717) is 3.57 Å². The first kappa shape index (κ1) is 56.3. The van der Waals surface area contributed by atoms with Gasteiger partial charge in [-0.25, -0.2) is 0 Å². The molecule has 0 unspecified atom stereocenters. The predicted octanol–water partition coefficient (Wildman–Crippen LogP) is 2.94. The van der Waals surface area contributed by atoms with E-state index >= 15 is 0 Å². The zero-order valence-electron chi connectivity index (χ0n) is 33.8. The summed E-state index contributed by atoms with van der Waals surface area (Å²) in [5.74, 6) is -1.76. The first-order valence-corrected chi connectivity index (χ1v) is 18.8. The number of benzene rings is 1. The van der Waals surface area contributed by atoms with E-state index in [0.717, 1.165) is 0 Å². The Labute approximate surface area is 310 Å². The molecule has 0 radical (unpaired) electrons. The van der Waals surface area contributed by atoms with Crippen LogP contribution in [-0.2, 0) is 0 Å². The van der Waals surface area contributed by atoms with E-state index in [1.165, 1.54) is 115 Å². The molecule has 0 aliphatic rings. The predicted molar refractivity (Wildman–Crippen MR) is 202 cm³/mol. The Balaban J connectivity index is -0.000000158. The monoisotopic (exact) mass is 804 g/mol.